The normalized spacial score (nSPS) is 20.3. The average molecular weight is 527 g/mol. The molecule has 1 N–H and O–H groups in total. The largest absolute Gasteiger partial charge is 0.322 e. The van der Waals surface area contributed by atoms with Crippen molar-refractivity contribution in [2.24, 2.45) is 0 Å². The van der Waals surface area contributed by atoms with E-state index >= 15 is 4.39 Å². The number of pyridine rings is 1. The van der Waals surface area contributed by atoms with Crippen molar-refractivity contribution in [2.45, 2.75) is 57.7 Å². The van der Waals surface area contributed by atoms with Crippen molar-refractivity contribution in [3.8, 4) is 11.3 Å². The quantitative estimate of drug-likeness (QED) is 0.501. The van der Waals surface area contributed by atoms with Crippen molar-refractivity contribution in [2.75, 3.05) is 13.1 Å². The number of piperidine rings is 2. The number of hydrogen-bond acceptors (Lipinski definition) is 5. The van der Waals surface area contributed by atoms with Crippen molar-refractivity contribution < 1.29 is 18.8 Å². The topological polar surface area (TPSA) is 82.6 Å². The molecule has 8 heteroatoms. The summed E-state index contributed by atoms with van der Waals surface area (Å²) >= 11 is 0. The molecule has 1 atom stereocenters. The fourth-order valence-corrected chi connectivity index (χ4v) is 5.99. The van der Waals surface area contributed by atoms with E-state index in [9.17, 15) is 14.4 Å². The summed E-state index contributed by atoms with van der Waals surface area (Å²) in [6, 6.07) is 15.0. The number of carbonyl (C=O) groups excluding carboxylic acids is 3. The molecule has 0 bridgehead atoms. The van der Waals surface area contributed by atoms with E-state index in [0.29, 0.717) is 17.5 Å². The monoisotopic (exact) mass is 526 g/mol. The van der Waals surface area contributed by atoms with Crippen LogP contribution in [0.15, 0.2) is 54.7 Å². The number of benzene rings is 2. The standard InChI is InChI=1S/C31H31FN4O3/c1-19-2-5-22(6-3-19)27-7-4-20(16-33-27)17-35-12-10-21(11-13-35)24-14-23-18-36(31(39)25(23)15-26(24)32)28-8-9-29(37)34-30(28)38/h2-7,14-16,21,28H,8-13,17-18H2,1H3,(H,34,37,38). The Labute approximate surface area is 227 Å². The number of rotatable bonds is 5. The molecular weight excluding hydrogens is 495 g/mol. The van der Waals surface area contributed by atoms with Gasteiger partial charge in [0.2, 0.25) is 11.8 Å². The molecular formula is C31H31FN4O3. The third kappa shape index (κ3) is 5.08. The molecule has 7 nitrogen and oxygen atoms in total. The average Bonchev–Trinajstić information content (AvgIpc) is 3.24. The summed E-state index contributed by atoms with van der Waals surface area (Å²) in [5, 5.41) is 2.31. The minimum absolute atomic E-state index is 0.0772. The first-order valence-corrected chi connectivity index (χ1v) is 13.6. The van der Waals surface area contributed by atoms with Crippen LogP contribution in [0.1, 0.15) is 64.2 Å². The molecule has 39 heavy (non-hydrogen) atoms. The zero-order chi connectivity index (χ0) is 27.1. The Bertz CT molecular complexity index is 1430. The first-order chi connectivity index (χ1) is 18.9. The van der Waals surface area contributed by atoms with Crippen LogP contribution < -0.4 is 5.32 Å². The zero-order valence-corrected chi connectivity index (χ0v) is 22.0. The van der Waals surface area contributed by atoms with Crippen LogP contribution in [0.2, 0.25) is 0 Å². The Balaban J connectivity index is 1.08. The number of nitrogens with zero attached hydrogens (tertiary/aromatic N) is 3. The van der Waals surface area contributed by atoms with Gasteiger partial charge in [0, 0.05) is 36.8 Å². The van der Waals surface area contributed by atoms with Crippen LogP contribution in [0.5, 0.6) is 0 Å². The van der Waals surface area contributed by atoms with Crippen molar-refractivity contribution in [1.82, 2.24) is 20.1 Å². The number of hydrogen-bond donors (Lipinski definition) is 1. The lowest BCUT2D eigenvalue weighted by molar-refractivity contribution is -0.136. The smallest absolute Gasteiger partial charge is 0.255 e. The highest BCUT2D eigenvalue weighted by Gasteiger charge is 2.40. The van der Waals surface area contributed by atoms with Gasteiger partial charge in [0.15, 0.2) is 0 Å². The minimum Gasteiger partial charge on any atom is -0.322 e. The van der Waals surface area contributed by atoms with E-state index in [1.165, 1.54) is 16.5 Å². The van der Waals surface area contributed by atoms with Crippen LogP contribution in [0, 0.1) is 12.7 Å². The molecule has 0 saturated carbocycles. The Morgan fingerprint density at radius 1 is 1.00 bits per heavy atom. The molecule has 1 unspecified atom stereocenters. The first kappa shape index (κ1) is 25.4. The lowest BCUT2D eigenvalue weighted by Gasteiger charge is -2.32. The number of carbonyl (C=O) groups is 3. The van der Waals surface area contributed by atoms with Gasteiger partial charge in [0.1, 0.15) is 11.9 Å². The molecule has 3 aliphatic heterocycles. The fraction of sp³-hybridized carbons (Fsp3) is 0.355. The predicted octanol–water partition coefficient (Wildman–Crippen LogP) is 4.34. The predicted molar refractivity (Wildman–Crippen MR) is 144 cm³/mol. The fourth-order valence-electron chi connectivity index (χ4n) is 5.99. The van der Waals surface area contributed by atoms with Crippen LogP contribution in [0.3, 0.4) is 0 Å². The van der Waals surface area contributed by atoms with E-state index in [4.69, 9.17) is 0 Å². The second-order valence-electron chi connectivity index (χ2n) is 10.9. The van der Waals surface area contributed by atoms with Crippen LogP contribution in [-0.2, 0) is 22.7 Å². The Hall–Kier alpha value is -3.91. The molecule has 0 aliphatic carbocycles. The van der Waals surface area contributed by atoms with Crippen molar-refractivity contribution in [3.05, 3.63) is 88.4 Å². The number of likely N-dealkylation sites (tertiary alicyclic amines) is 1. The summed E-state index contributed by atoms with van der Waals surface area (Å²) in [6.45, 7) is 4.83. The number of halogens is 1. The number of imide groups is 1. The molecule has 3 amide bonds. The third-order valence-electron chi connectivity index (χ3n) is 8.25. The summed E-state index contributed by atoms with van der Waals surface area (Å²) < 4.78 is 15.2. The molecule has 200 valence electrons. The van der Waals surface area contributed by atoms with E-state index in [1.807, 2.05) is 12.3 Å². The maximum absolute atomic E-state index is 15.2. The van der Waals surface area contributed by atoms with Gasteiger partial charge in [-0.2, -0.15) is 0 Å². The lowest BCUT2D eigenvalue weighted by atomic mass is 9.87. The Kier molecular flexibility index (Phi) is 6.73. The number of amides is 3. The van der Waals surface area contributed by atoms with Gasteiger partial charge in [0.25, 0.3) is 5.91 Å². The van der Waals surface area contributed by atoms with Crippen molar-refractivity contribution >= 4 is 17.7 Å². The summed E-state index contributed by atoms with van der Waals surface area (Å²) in [6.07, 6.45) is 4.08. The van der Waals surface area contributed by atoms with Gasteiger partial charge in [-0.05, 0) is 74.0 Å². The van der Waals surface area contributed by atoms with Gasteiger partial charge in [-0.25, -0.2) is 4.39 Å². The summed E-state index contributed by atoms with van der Waals surface area (Å²) in [5.41, 5.74) is 6.16. The number of fused-ring (bicyclic) bond motifs is 1. The SMILES string of the molecule is Cc1ccc(-c2ccc(CN3CCC(c4cc5c(cc4F)C(=O)N(C4CCC(=O)NC4=O)C5)CC3)cn2)cc1. The highest BCUT2D eigenvalue weighted by molar-refractivity contribution is 6.05. The van der Waals surface area contributed by atoms with Gasteiger partial charge >= 0.3 is 0 Å². The van der Waals surface area contributed by atoms with Crippen LogP contribution in [0.25, 0.3) is 11.3 Å². The molecule has 6 rings (SSSR count). The number of aromatic nitrogens is 1. The molecule has 3 aliphatic rings. The molecule has 0 spiro atoms. The third-order valence-corrected chi connectivity index (χ3v) is 8.25. The number of aryl methyl sites for hydroxylation is 1. The summed E-state index contributed by atoms with van der Waals surface area (Å²) in [4.78, 5) is 45.3. The Morgan fingerprint density at radius 2 is 1.77 bits per heavy atom. The molecule has 4 heterocycles. The van der Waals surface area contributed by atoms with Crippen molar-refractivity contribution in [3.63, 3.8) is 0 Å². The molecule has 3 aromatic rings. The summed E-state index contributed by atoms with van der Waals surface area (Å²) in [7, 11) is 0. The first-order valence-electron chi connectivity index (χ1n) is 13.6. The lowest BCUT2D eigenvalue weighted by Crippen LogP contribution is -2.52. The zero-order valence-electron chi connectivity index (χ0n) is 22.0. The van der Waals surface area contributed by atoms with Gasteiger partial charge in [-0.15, -0.1) is 0 Å². The number of nitrogens with one attached hydrogen (secondary N) is 1. The molecule has 2 aromatic carbocycles. The van der Waals surface area contributed by atoms with Crippen LogP contribution in [0.4, 0.5) is 4.39 Å². The Morgan fingerprint density at radius 3 is 2.46 bits per heavy atom. The van der Waals surface area contributed by atoms with E-state index in [-0.39, 0.29) is 36.5 Å². The van der Waals surface area contributed by atoms with E-state index in [0.717, 1.165) is 54.9 Å². The van der Waals surface area contributed by atoms with Gasteiger partial charge in [-0.1, -0.05) is 42.0 Å². The second-order valence-corrected chi connectivity index (χ2v) is 10.9. The highest BCUT2D eigenvalue weighted by atomic mass is 19.1. The molecule has 1 aromatic heterocycles. The molecule has 2 fully saturated rings. The van der Waals surface area contributed by atoms with E-state index in [1.54, 1.807) is 0 Å². The maximum Gasteiger partial charge on any atom is 0.255 e. The van der Waals surface area contributed by atoms with E-state index < -0.39 is 11.9 Å². The van der Waals surface area contributed by atoms with Crippen LogP contribution in [-0.4, -0.2) is 51.6 Å². The molecule has 0 radical (unpaired) electrons. The molecule has 2 saturated heterocycles. The highest BCUT2D eigenvalue weighted by Crippen LogP contribution is 2.35. The van der Waals surface area contributed by atoms with Gasteiger partial charge < -0.3 is 4.90 Å². The van der Waals surface area contributed by atoms with Gasteiger partial charge in [0.05, 0.1) is 5.69 Å². The minimum atomic E-state index is -0.696. The summed E-state index contributed by atoms with van der Waals surface area (Å²) in [5.74, 6) is -1.41. The van der Waals surface area contributed by atoms with Gasteiger partial charge in [-0.3, -0.25) is 29.6 Å². The van der Waals surface area contributed by atoms with E-state index in [2.05, 4.69) is 58.5 Å². The van der Waals surface area contributed by atoms with Crippen molar-refractivity contribution in [1.29, 1.82) is 0 Å². The van der Waals surface area contributed by atoms with Crippen LogP contribution >= 0.6 is 0 Å². The maximum atomic E-state index is 15.2. The second kappa shape index (κ2) is 10.3.